The lowest BCUT2D eigenvalue weighted by atomic mass is 10.3. The number of carbonyl (C=O) groups excluding carboxylic acids is 2. The third-order valence-corrected chi connectivity index (χ3v) is 2.18. The zero-order chi connectivity index (χ0) is 9.84. The lowest BCUT2D eigenvalue weighted by molar-refractivity contribution is -0.111. The molecule has 1 aromatic rings. The summed E-state index contributed by atoms with van der Waals surface area (Å²) in [5.74, 6) is -0.912. The van der Waals surface area contributed by atoms with Gasteiger partial charge in [-0.2, -0.15) is 0 Å². The monoisotopic (exact) mass is 196 g/mol. The quantitative estimate of drug-likeness (QED) is 0.707. The highest BCUT2D eigenvalue weighted by molar-refractivity contribution is 7.14. The van der Waals surface area contributed by atoms with Crippen molar-refractivity contribution < 1.29 is 9.59 Å². The molecule has 5 heteroatoms. The van der Waals surface area contributed by atoms with Crippen molar-refractivity contribution in [1.82, 2.24) is 0 Å². The van der Waals surface area contributed by atoms with E-state index in [1.165, 1.54) is 11.3 Å². The SMILES string of the molecule is C=CC(=O)Nc1sccc1C(N)=O. The van der Waals surface area contributed by atoms with Gasteiger partial charge in [0.2, 0.25) is 5.91 Å². The Morgan fingerprint density at radius 1 is 1.62 bits per heavy atom. The molecule has 0 radical (unpaired) electrons. The van der Waals surface area contributed by atoms with Crippen LogP contribution in [0.4, 0.5) is 5.00 Å². The van der Waals surface area contributed by atoms with Gasteiger partial charge in [-0.25, -0.2) is 0 Å². The number of thiophene rings is 1. The molecular weight excluding hydrogens is 188 g/mol. The van der Waals surface area contributed by atoms with Gasteiger partial charge in [0, 0.05) is 0 Å². The largest absolute Gasteiger partial charge is 0.366 e. The van der Waals surface area contributed by atoms with E-state index < -0.39 is 5.91 Å². The Hall–Kier alpha value is -1.62. The molecule has 0 aliphatic heterocycles. The zero-order valence-corrected chi connectivity index (χ0v) is 7.56. The van der Waals surface area contributed by atoms with Gasteiger partial charge in [0.1, 0.15) is 5.00 Å². The van der Waals surface area contributed by atoms with Crippen molar-refractivity contribution in [1.29, 1.82) is 0 Å². The second-order valence-electron chi connectivity index (χ2n) is 2.22. The second-order valence-corrected chi connectivity index (χ2v) is 3.14. The normalized spacial score (nSPS) is 9.23. The van der Waals surface area contributed by atoms with Crippen molar-refractivity contribution in [3.8, 4) is 0 Å². The van der Waals surface area contributed by atoms with Crippen LogP contribution in [0.15, 0.2) is 24.1 Å². The average molecular weight is 196 g/mol. The number of hydrogen-bond donors (Lipinski definition) is 2. The summed E-state index contributed by atoms with van der Waals surface area (Å²) in [6, 6.07) is 1.56. The molecule has 4 nitrogen and oxygen atoms in total. The van der Waals surface area contributed by atoms with Crippen LogP contribution in [0.2, 0.25) is 0 Å². The van der Waals surface area contributed by atoms with E-state index in [1.807, 2.05) is 0 Å². The number of amides is 2. The highest BCUT2D eigenvalue weighted by Gasteiger charge is 2.10. The fraction of sp³-hybridized carbons (Fsp3) is 0. The number of primary amides is 1. The van der Waals surface area contributed by atoms with Gasteiger partial charge in [-0.15, -0.1) is 11.3 Å². The Labute approximate surface area is 79.1 Å². The minimum absolute atomic E-state index is 0.320. The van der Waals surface area contributed by atoms with Crippen LogP contribution in [-0.4, -0.2) is 11.8 Å². The van der Waals surface area contributed by atoms with Gasteiger partial charge in [-0.05, 0) is 17.5 Å². The molecule has 0 saturated carbocycles. The predicted octanol–water partition coefficient (Wildman–Crippen LogP) is 0.972. The van der Waals surface area contributed by atoms with Crippen molar-refractivity contribution in [3.63, 3.8) is 0 Å². The molecule has 3 N–H and O–H groups in total. The van der Waals surface area contributed by atoms with Crippen molar-refractivity contribution in [3.05, 3.63) is 29.7 Å². The van der Waals surface area contributed by atoms with Gasteiger partial charge in [-0.3, -0.25) is 9.59 Å². The van der Waals surface area contributed by atoms with Crippen LogP contribution in [0.3, 0.4) is 0 Å². The van der Waals surface area contributed by atoms with Gasteiger partial charge >= 0.3 is 0 Å². The first-order valence-electron chi connectivity index (χ1n) is 3.46. The average Bonchev–Trinajstić information content (AvgIpc) is 2.52. The lowest BCUT2D eigenvalue weighted by Gasteiger charge is -1.99. The van der Waals surface area contributed by atoms with Gasteiger partial charge in [0.15, 0.2) is 0 Å². The van der Waals surface area contributed by atoms with Gasteiger partial charge in [0.25, 0.3) is 5.91 Å². The maximum absolute atomic E-state index is 10.9. The number of rotatable bonds is 3. The molecule has 0 fully saturated rings. The molecule has 2 amide bonds. The molecule has 1 rings (SSSR count). The predicted molar refractivity (Wildman–Crippen MR) is 51.7 cm³/mol. The first kappa shape index (κ1) is 9.47. The molecule has 0 saturated heterocycles. The Balaban J connectivity index is 2.88. The van der Waals surface area contributed by atoms with Crippen LogP contribution >= 0.6 is 11.3 Å². The minimum Gasteiger partial charge on any atom is -0.366 e. The number of nitrogens with one attached hydrogen (secondary N) is 1. The summed E-state index contributed by atoms with van der Waals surface area (Å²) in [6.45, 7) is 3.29. The molecule has 0 aliphatic rings. The van der Waals surface area contributed by atoms with Crippen LogP contribution < -0.4 is 11.1 Å². The Morgan fingerprint density at radius 2 is 2.31 bits per heavy atom. The zero-order valence-electron chi connectivity index (χ0n) is 6.74. The molecule has 0 bridgehead atoms. The van der Waals surface area contributed by atoms with Crippen molar-refractivity contribution >= 4 is 28.2 Å². The first-order valence-corrected chi connectivity index (χ1v) is 4.34. The van der Waals surface area contributed by atoms with Gasteiger partial charge in [0.05, 0.1) is 5.56 Å². The van der Waals surface area contributed by atoms with E-state index in [-0.39, 0.29) is 5.91 Å². The summed E-state index contributed by atoms with van der Waals surface area (Å²) >= 11 is 1.24. The van der Waals surface area contributed by atoms with E-state index in [1.54, 1.807) is 11.4 Å². The molecule has 0 unspecified atom stereocenters. The summed E-state index contributed by atoms with van der Waals surface area (Å²) < 4.78 is 0. The van der Waals surface area contributed by atoms with Crippen molar-refractivity contribution in [2.24, 2.45) is 5.73 Å². The highest BCUT2D eigenvalue weighted by atomic mass is 32.1. The second kappa shape index (κ2) is 3.86. The summed E-state index contributed by atoms with van der Waals surface area (Å²) in [5, 5.41) is 4.62. The van der Waals surface area contributed by atoms with E-state index in [4.69, 9.17) is 5.73 Å². The third-order valence-electron chi connectivity index (χ3n) is 1.35. The summed E-state index contributed by atoms with van der Waals surface area (Å²) in [7, 11) is 0. The molecule has 1 heterocycles. The van der Waals surface area contributed by atoms with E-state index in [9.17, 15) is 9.59 Å². The Bertz CT molecular complexity index is 357. The van der Waals surface area contributed by atoms with Crippen molar-refractivity contribution in [2.75, 3.05) is 5.32 Å². The third kappa shape index (κ3) is 2.16. The van der Waals surface area contributed by atoms with Crippen LogP contribution in [0, 0.1) is 0 Å². The maximum atomic E-state index is 10.9. The van der Waals surface area contributed by atoms with Crippen LogP contribution in [0.5, 0.6) is 0 Å². The molecule has 1 aromatic heterocycles. The number of carbonyl (C=O) groups is 2. The van der Waals surface area contributed by atoms with Gasteiger partial charge in [-0.1, -0.05) is 6.58 Å². The van der Waals surface area contributed by atoms with E-state index in [2.05, 4.69) is 11.9 Å². The van der Waals surface area contributed by atoms with Gasteiger partial charge < -0.3 is 11.1 Å². The molecule has 13 heavy (non-hydrogen) atoms. The number of anilines is 1. The first-order chi connectivity index (χ1) is 6.15. The van der Waals surface area contributed by atoms with Crippen molar-refractivity contribution in [2.45, 2.75) is 0 Å². The number of nitrogens with two attached hydrogens (primary N) is 1. The smallest absolute Gasteiger partial charge is 0.251 e. The molecule has 68 valence electrons. The topological polar surface area (TPSA) is 72.2 Å². The molecular formula is C8H8N2O2S. The number of hydrogen-bond acceptors (Lipinski definition) is 3. The van der Waals surface area contributed by atoms with Crippen LogP contribution in [0.1, 0.15) is 10.4 Å². The van der Waals surface area contributed by atoms with Crippen LogP contribution in [0.25, 0.3) is 0 Å². The molecule has 0 aliphatic carbocycles. The van der Waals surface area contributed by atoms with Crippen LogP contribution in [-0.2, 0) is 4.79 Å². The summed E-state index contributed by atoms with van der Waals surface area (Å²) in [4.78, 5) is 21.7. The molecule has 0 aromatic carbocycles. The highest BCUT2D eigenvalue weighted by Crippen LogP contribution is 2.22. The molecule has 0 atom stereocenters. The van der Waals surface area contributed by atoms with E-state index in [0.717, 1.165) is 6.08 Å². The Kier molecular flexibility index (Phi) is 2.81. The standard InChI is InChI=1S/C8H8N2O2S/c1-2-6(11)10-8-5(7(9)12)3-4-13-8/h2-4H,1H2,(H2,9,12)(H,10,11). The fourth-order valence-electron chi connectivity index (χ4n) is 0.763. The Morgan fingerprint density at radius 3 is 2.85 bits per heavy atom. The maximum Gasteiger partial charge on any atom is 0.251 e. The summed E-state index contributed by atoms with van der Waals surface area (Å²) in [5.41, 5.74) is 5.39. The lowest BCUT2D eigenvalue weighted by Crippen LogP contribution is -2.14. The minimum atomic E-state index is -0.555. The van der Waals surface area contributed by atoms with E-state index in [0.29, 0.717) is 10.6 Å². The fourth-order valence-corrected chi connectivity index (χ4v) is 1.56. The molecule has 0 spiro atoms. The van der Waals surface area contributed by atoms with E-state index >= 15 is 0 Å². The summed E-state index contributed by atoms with van der Waals surface area (Å²) in [6.07, 6.45) is 1.13.